The molecule has 4 heteroatoms. The van der Waals surface area contributed by atoms with E-state index in [0.717, 1.165) is 25.0 Å². The number of rotatable bonds is 10. The van der Waals surface area contributed by atoms with Gasteiger partial charge in [-0.2, -0.15) is 0 Å². The van der Waals surface area contributed by atoms with Gasteiger partial charge < -0.3 is 15.6 Å². The van der Waals surface area contributed by atoms with E-state index in [4.69, 9.17) is 15.6 Å². The zero-order valence-corrected chi connectivity index (χ0v) is 13.0. The molecule has 0 aliphatic rings. The number of benzene rings is 1. The second-order valence-corrected chi connectivity index (χ2v) is 5.36. The Balaban J connectivity index is 2.61. The highest BCUT2D eigenvalue weighted by atomic mass is 16.5. The van der Waals surface area contributed by atoms with Gasteiger partial charge in [0.15, 0.2) is 0 Å². The number of carbonyl (C=O) groups is 1. The summed E-state index contributed by atoms with van der Waals surface area (Å²) in [4.78, 5) is 11.1. The van der Waals surface area contributed by atoms with Crippen LogP contribution in [0.2, 0.25) is 0 Å². The fourth-order valence-electron chi connectivity index (χ4n) is 2.56. The molecule has 0 saturated carbocycles. The molecule has 0 radical (unpaired) electrons. The van der Waals surface area contributed by atoms with Crippen molar-refractivity contribution in [1.82, 2.24) is 0 Å². The molecule has 2 atom stereocenters. The summed E-state index contributed by atoms with van der Waals surface area (Å²) >= 11 is 0. The smallest absolute Gasteiger partial charge is 0.307 e. The van der Waals surface area contributed by atoms with E-state index in [1.165, 1.54) is 5.56 Å². The highest BCUT2D eigenvalue weighted by Crippen LogP contribution is 2.25. The summed E-state index contributed by atoms with van der Waals surface area (Å²) in [6, 6.07) is 8.05. The normalized spacial score (nSPS) is 13.7. The van der Waals surface area contributed by atoms with Crippen molar-refractivity contribution >= 4 is 5.97 Å². The Labute approximate surface area is 127 Å². The summed E-state index contributed by atoms with van der Waals surface area (Å²) in [5.41, 5.74) is 6.74. The number of carboxylic acids is 1. The quantitative estimate of drug-likeness (QED) is 0.695. The number of aliphatic carboxylic acids is 1. The van der Waals surface area contributed by atoms with Crippen molar-refractivity contribution in [3.8, 4) is 5.75 Å². The third kappa shape index (κ3) is 5.76. The number of hydrogen-bond acceptors (Lipinski definition) is 3. The molecule has 0 bridgehead atoms. The molecule has 21 heavy (non-hydrogen) atoms. The molecule has 0 amide bonds. The summed E-state index contributed by atoms with van der Waals surface area (Å²) < 4.78 is 5.63. The summed E-state index contributed by atoms with van der Waals surface area (Å²) in [6.07, 6.45) is 3.50. The fourth-order valence-corrected chi connectivity index (χ4v) is 2.56. The van der Waals surface area contributed by atoms with Crippen LogP contribution in [0.5, 0.6) is 5.75 Å². The van der Waals surface area contributed by atoms with Gasteiger partial charge in [-0.3, -0.25) is 4.79 Å². The highest BCUT2D eigenvalue weighted by Gasteiger charge is 2.20. The van der Waals surface area contributed by atoms with Crippen LogP contribution in [0.15, 0.2) is 24.3 Å². The summed E-state index contributed by atoms with van der Waals surface area (Å²) in [5, 5.41) is 9.12. The van der Waals surface area contributed by atoms with Crippen LogP contribution in [0, 0.1) is 11.8 Å². The van der Waals surface area contributed by atoms with Gasteiger partial charge in [0, 0.05) is 6.54 Å². The molecule has 0 aliphatic carbocycles. The molecule has 1 aromatic rings. The minimum absolute atomic E-state index is 0.210. The van der Waals surface area contributed by atoms with E-state index in [1.54, 1.807) is 0 Å². The van der Waals surface area contributed by atoms with E-state index in [-0.39, 0.29) is 6.54 Å². The van der Waals surface area contributed by atoms with Crippen LogP contribution in [0.25, 0.3) is 0 Å². The van der Waals surface area contributed by atoms with E-state index in [1.807, 2.05) is 25.1 Å². The lowest BCUT2D eigenvalue weighted by Gasteiger charge is -2.19. The molecule has 1 rings (SSSR count). The first-order chi connectivity index (χ1) is 10.1. The zero-order valence-electron chi connectivity index (χ0n) is 13.0. The topological polar surface area (TPSA) is 72.5 Å². The van der Waals surface area contributed by atoms with Crippen molar-refractivity contribution in [2.45, 2.75) is 39.5 Å². The van der Waals surface area contributed by atoms with E-state index < -0.39 is 11.9 Å². The van der Waals surface area contributed by atoms with Crippen LogP contribution in [-0.4, -0.2) is 24.2 Å². The monoisotopic (exact) mass is 293 g/mol. The van der Waals surface area contributed by atoms with Gasteiger partial charge in [-0.1, -0.05) is 31.5 Å². The summed E-state index contributed by atoms with van der Waals surface area (Å²) in [6.45, 7) is 4.95. The van der Waals surface area contributed by atoms with Crippen LogP contribution in [0.1, 0.15) is 38.7 Å². The minimum atomic E-state index is -0.786. The Kier molecular flexibility index (Phi) is 7.83. The maximum Gasteiger partial charge on any atom is 0.307 e. The number of aryl methyl sites for hydroxylation is 1. The van der Waals surface area contributed by atoms with Crippen LogP contribution in [0.3, 0.4) is 0 Å². The van der Waals surface area contributed by atoms with Gasteiger partial charge in [0.2, 0.25) is 0 Å². The molecule has 0 fully saturated rings. The number of carboxylic acid groups (broad SMARTS) is 1. The number of nitrogens with two attached hydrogens (primary N) is 1. The number of hydrogen-bond donors (Lipinski definition) is 2. The van der Waals surface area contributed by atoms with Crippen molar-refractivity contribution in [3.05, 3.63) is 29.8 Å². The van der Waals surface area contributed by atoms with Crippen LogP contribution >= 0.6 is 0 Å². The Morgan fingerprint density at radius 2 is 2.05 bits per heavy atom. The number of para-hydroxylation sites is 1. The number of ether oxygens (including phenoxy) is 1. The molecule has 118 valence electrons. The van der Waals surface area contributed by atoms with Gasteiger partial charge in [0.1, 0.15) is 5.75 Å². The van der Waals surface area contributed by atoms with E-state index in [0.29, 0.717) is 18.9 Å². The summed E-state index contributed by atoms with van der Waals surface area (Å²) in [7, 11) is 0. The molecule has 2 unspecified atom stereocenters. The van der Waals surface area contributed by atoms with Gasteiger partial charge in [-0.15, -0.1) is 0 Å². The molecule has 0 aromatic heterocycles. The van der Waals surface area contributed by atoms with E-state index >= 15 is 0 Å². The lowest BCUT2D eigenvalue weighted by Crippen LogP contribution is -2.26. The van der Waals surface area contributed by atoms with Gasteiger partial charge in [-0.25, -0.2) is 0 Å². The Morgan fingerprint density at radius 1 is 1.33 bits per heavy atom. The predicted octanol–water partition coefficient (Wildman–Crippen LogP) is 3.09. The Hall–Kier alpha value is -1.55. The molecule has 3 N–H and O–H groups in total. The highest BCUT2D eigenvalue weighted by molar-refractivity contribution is 5.70. The second-order valence-electron chi connectivity index (χ2n) is 5.36. The first kappa shape index (κ1) is 17.5. The van der Waals surface area contributed by atoms with Gasteiger partial charge >= 0.3 is 5.97 Å². The Bertz CT molecular complexity index is 434. The maximum atomic E-state index is 11.1. The standard InChI is InChI=1S/C17H27NO3/c1-3-13(11-15(12-18)17(19)20)9-10-14-7-5-6-8-16(14)21-4-2/h5-8,13,15H,3-4,9-12,18H2,1-2H3,(H,19,20). The molecule has 4 nitrogen and oxygen atoms in total. The average Bonchev–Trinajstić information content (AvgIpc) is 2.49. The van der Waals surface area contributed by atoms with Crippen molar-refractivity contribution in [3.63, 3.8) is 0 Å². The van der Waals surface area contributed by atoms with Crippen LogP contribution < -0.4 is 10.5 Å². The van der Waals surface area contributed by atoms with Gasteiger partial charge in [0.05, 0.1) is 12.5 Å². The average molecular weight is 293 g/mol. The zero-order chi connectivity index (χ0) is 15.7. The molecule has 1 aromatic carbocycles. The lowest BCUT2D eigenvalue weighted by atomic mass is 9.88. The predicted molar refractivity (Wildman–Crippen MR) is 84.5 cm³/mol. The largest absolute Gasteiger partial charge is 0.494 e. The van der Waals surface area contributed by atoms with Crippen molar-refractivity contribution in [2.24, 2.45) is 17.6 Å². The molecular weight excluding hydrogens is 266 g/mol. The Morgan fingerprint density at radius 3 is 2.62 bits per heavy atom. The molecular formula is C17H27NO3. The SMILES string of the molecule is CCOc1ccccc1CCC(CC)CC(CN)C(=O)O. The van der Waals surface area contributed by atoms with E-state index in [2.05, 4.69) is 13.0 Å². The first-order valence-corrected chi connectivity index (χ1v) is 7.75. The van der Waals surface area contributed by atoms with Crippen LogP contribution in [-0.2, 0) is 11.2 Å². The van der Waals surface area contributed by atoms with Crippen molar-refractivity contribution in [1.29, 1.82) is 0 Å². The van der Waals surface area contributed by atoms with Gasteiger partial charge in [-0.05, 0) is 43.7 Å². The molecule has 0 saturated heterocycles. The summed E-state index contributed by atoms with van der Waals surface area (Å²) in [5.74, 6) is 0.0931. The first-order valence-electron chi connectivity index (χ1n) is 7.75. The van der Waals surface area contributed by atoms with Gasteiger partial charge in [0.25, 0.3) is 0 Å². The van der Waals surface area contributed by atoms with E-state index in [9.17, 15) is 4.79 Å². The second kappa shape index (κ2) is 9.40. The molecule has 0 spiro atoms. The third-order valence-corrected chi connectivity index (χ3v) is 3.92. The maximum absolute atomic E-state index is 11.1. The van der Waals surface area contributed by atoms with Crippen LogP contribution in [0.4, 0.5) is 0 Å². The molecule has 0 heterocycles. The minimum Gasteiger partial charge on any atom is -0.494 e. The van der Waals surface area contributed by atoms with Crippen molar-refractivity contribution < 1.29 is 14.6 Å². The molecule has 0 aliphatic heterocycles. The third-order valence-electron chi connectivity index (χ3n) is 3.92. The fraction of sp³-hybridized carbons (Fsp3) is 0.588. The van der Waals surface area contributed by atoms with Crippen molar-refractivity contribution in [2.75, 3.05) is 13.2 Å². The lowest BCUT2D eigenvalue weighted by molar-refractivity contribution is -0.142.